The van der Waals surface area contributed by atoms with Crippen LogP contribution in [0.15, 0.2) is 53.4 Å². The molecule has 0 saturated carbocycles. The molecular formula is C15H13F2NO3S. The zero-order chi connectivity index (χ0) is 16.2. The van der Waals surface area contributed by atoms with Crippen LogP contribution in [0, 0.1) is 11.6 Å². The SMILES string of the molecule is O=C(CCS(=O)(=O)c1ccc(F)cc1)Nc1ccc(F)cc1. The molecule has 0 aliphatic rings. The molecule has 116 valence electrons. The average Bonchev–Trinajstić information content (AvgIpc) is 2.48. The van der Waals surface area contributed by atoms with E-state index < -0.39 is 33.1 Å². The van der Waals surface area contributed by atoms with Crippen LogP contribution >= 0.6 is 0 Å². The monoisotopic (exact) mass is 325 g/mol. The first-order valence-electron chi connectivity index (χ1n) is 6.40. The van der Waals surface area contributed by atoms with Gasteiger partial charge in [0.05, 0.1) is 10.6 Å². The minimum Gasteiger partial charge on any atom is -0.326 e. The second-order valence-corrected chi connectivity index (χ2v) is 6.69. The molecule has 2 rings (SSSR count). The van der Waals surface area contributed by atoms with Crippen molar-refractivity contribution in [2.75, 3.05) is 11.1 Å². The third-order valence-electron chi connectivity index (χ3n) is 2.90. The number of halogens is 2. The zero-order valence-electron chi connectivity index (χ0n) is 11.4. The first kappa shape index (κ1) is 16.1. The summed E-state index contributed by atoms with van der Waals surface area (Å²) < 4.78 is 49.5. The van der Waals surface area contributed by atoms with E-state index in [1.54, 1.807) is 0 Å². The molecule has 1 N–H and O–H groups in total. The maximum Gasteiger partial charge on any atom is 0.225 e. The molecule has 1 amide bonds. The van der Waals surface area contributed by atoms with E-state index in [4.69, 9.17) is 0 Å². The van der Waals surface area contributed by atoms with Crippen LogP contribution in [0.25, 0.3) is 0 Å². The Hall–Kier alpha value is -2.28. The van der Waals surface area contributed by atoms with Crippen LogP contribution in [-0.4, -0.2) is 20.1 Å². The molecule has 0 aromatic heterocycles. The van der Waals surface area contributed by atoms with Gasteiger partial charge >= 0.3 is 0 Å². The Kier molecular flexibility index (Phi) is 4.87. The minimum absolute atomic E-state index is 0.0384. The quantitative estimate of drug-likeness (QED) is 0.860. The summed E-state index contributed by atoms with van der Waals surface area (Å²) in [6, 6.07) is 9.53. The van der Waals surface area contributed by atoms with Crippen LogP contribution in [0.1, 0.15) is 6.42 Å². The Morgan fingerprint density at radius 3 is 1.95 bits per heavy atom. The number of hydrogen-bond donors (Lipinski definition) is 1. The van der Waals surface area contributed by atoms with E-state index in [-0.39, 0.29) is 11.3 Å². The van der Waals surface area contributed by atoms with Crippen molar-refractivity contribution in [1.82, 2.24) is 0 Å². The van der Waals surface area contributed by atoms with Crippen LogP contribution < -0.4 is 5.32 Å². The molecule has 2 aromatic carbocycles. The molecule has 22 heavy (non-hydrogen) atoms. The van der Waals surface area contributed by atoms with E-state index in [0.29, 0.717) is 5.69 Å². The van der Waals surface area contributed by atoms with Gasteiger partial charge in [-0.3, -0.25) is 4.79 Å². The second-order valence-electron chi connectivity index (χ2n) is 4.58. The van der Waals surface area contributed by atoms with Gasteiger partial charge in [0.15, 0.2) is 9.84 Å². The Bertz CT molecular complexity index is 756. The number of benzene rings is 2. The summed E-state index contributed by atoms with van der Waals surface area (Å²) >= 11 is 0. The summed E-state index contributed by atoms with van der Waals surface area (Å²) in [5, 5.41) is 2.47. The van der Waals surface area contributed by atoms with Gasteiger partial charge in [-0.15, -0.1) is 0 Å². The molecule has 7 heteroatoms. The van der Waals surface area contributed by atoms with Gasteiger partial charge in [0.1, 0.15) is 11.6 Å². The molecule has 0 aliphatic carbocycles. The number of hydrogen-bond acceptors (Lipinski definition) is 3. The van der Waals surface area contributed by atoms with Crippen LogP contribution in [0.4, 0.5) is 14.5 Å². The lowest BCUT2D eigenvalue weighted by atomic mass is 10.3. The van der Waals surface area contributed by atoms with Crippen molar-refractivity contribution in [3.63, 3.8) is 0 Å². The third kappa shape index (κ3) is 4.36. The molecule has 0 bridgehead atoms. The van der Waals surface area contributed by atoms with E-state index in [2.05, 4.69) is 5.32 Å². The molecule has 0 fully saturated rings. The molecule has 0 spiro atoms. The summed E-state index contributed by atoms with van der Waals surface area (Å²) in [6.45, 7) is 0. The maximum absolute atomic E-state index is 12.8. The van der Waals surface area contributed by atoms with E-state index in [0.717, 1.165) is 24.3 Å². The highest BCUT2D eigenvalue weighted by Crippen LogP contribution is 2.14. The van der Waals surface area contributed by atoms with Crippen molar-refractivity contribution < 1.29 is 22.0 Å². The fourth-order valence-corrected chi connectivity index (χ4v) is 2.98. The average molecular weight is 325 g/mol. The summed E-state index contributed by atoms with van der Waals surface area (Å²) in [7, 11) is -3.66. The van der Waals surface area contributed by atoms with Crippen molar-refractivity contribution in [2.45, 2.75) is 11.3 Å². The molecule has 0 radical (unpaired) electrons. The largest absolute Gasteiger partial charge is 0.326 e. The van der Waals surface area contributed by atoms with Crippen LogP contribution in [-0.2, 0) is 14.6 Å². The van der Waals surface area contributed by atoms with Crippen LogP contribution in [0.2, 0.25) is 0 Å². The predicted octanol–water partition coefficient (Wildman–Crippen LogP) is 2.77. The standard InChI is InChI=1S/C15H13F2NO3S/c16-11-1-5-13(6-2-11)18-15(19)9-10-22(20,21)14-7-3-12(17)4-8-14/h1-8H,9-10H2,(H,18,19). The van der Waals surface area contributed by atoms with Gasteiger partial charge in [0.2, 0.25) is 5.91 Å². The Balaban J connectivity index is 1.95. The fourth-order valence-electron chi connectivity index (χ4n) is 1.74. The number of carbonyl (C=O) groups excluding carboxylic acids is 1. The molecule has 0 heterocycles. The zero-order valence-corrected chi connectivity index (χ0v) is 12.2. The van der Waals surface area contributed by atoms with Crippen molar-refractivity contribution in [1.29, 1.82) is 0 Å². The molecule has 2 aromatic rings. The molecule has 0 unspecified atom stereocenters. The molecular weight excluding hydrogens is 312 g/mol. The van der Waals surface area contributed by atoms with Crippen molar-refractivity contribution >= 4 is 21.4 Å². The van der Waals surface area contributed by atoms with Gasteiger partial charge in [0.25, 0.3) is 0 Å². The summed E-state index contributed by atoms with van der Waals surface area (Å²) in [6.07, 6.45) is -0.253. The third-order valence-corrected chi connectivity index (χ3v) is 4.63. The van der Waals surface area contributed by atoms with Gasteiger partial charge in [-0.05, 0) is 48.5 Å². The lowest BCUT2D eigenvalue weighted by molar-refractivity contribution is -0.115. The van der Waals surface area contributed by atoms with Gasteiger partial charge < -0.3 is 5.32 Å². The highest BCUT2D eigenvalue weighted by atomic mass is 32.2. The van der Waals surface area contributed by atoms with Gasteiger partial charge in [-0.1, -0.05) is 0 Å². The van der Waals surface area contributed by atoms with E-state index >= 15 is 0 Å². The van der Waals surface area contributed by atoms with Crippen LogP contribution in [0.3, 0.4) is 0 Å². The van der Waals surface area contributed by atoms with Crippen molar-refractivity contribution in [3.05, 3.63) is 60.2 Å². The normalized spacial score (nSPS) is 11.2. The fraction of sp³-hybridized carbons (Fsp3) is 0.133. The van der Waals surface area contributed by atoms with Gasteiger partial charge in [-0.25, -0.2) is 17.2 Å². The minimum atomic E-state index is -3.66. The highest BCUT2D eigenvalue weighted by Gasteiger charge is 2.16. The van der Waals surface area contributed by atoms with Gasteiger partial charge in [-0.2, -0.15) is 0 Å². The Morgan fingerprint density at radius 2 is 1.41 bits per heavy atom. The summed E-state index contributed by atoms with van der Waals surface area (Å²) in [5.74, 6) is -1.87. The predicted molar refractivity (Wildman–Crippen MR) is 78.1 cm³/mol. The van der Waals surface area contributed by atoms with Crippen molar-refractivity contribution in [3.8, 4) is 0 Å². The number of anilines is 1. The maximum atomic E-state index is 12.8. The second kappa shape index (κ2) is 6.65. The first-order chi connectivity index (χ1) is 10.4. The number of amides is 1. The lowest BCUT2D eigenvalue weighted by Gasteiger charge is -2.06. The number of sulfone groups is 1. The first-order valence-corrected chi connectivity index (χ1v) is 8.06. The van der Waals surface area contributed by atoms with E-state index in [9.17, 15) is 22.0 Å². The molecule has 0 saturated heterocycles. The van der Waals surface area contributed by atoms with E-state index in [1.165, 1.54) is 24.3 Å². The Morgan fingerprint density at radius 1 is 0.909 bits per heavy atom. The van der Waals surface area contributed by atoms with Gasteiger partial charge in [0, 0.05) is 12.1 Å². The lowest BCUT2D eigenvalue weighted by Crippen LogP contribution is -2.17. The topological polar surface area (TPSA) is 63.2 Å². The van der Waals surface area contributed by atoms with E-state index in [1.807, 2.05) is 0 Å². The Labute approximate surface area is 126 Å². The smallest absolute Gasteiger partial charge is 0.225 e. The molecule has 0 atom stereocenters. The molecule has 0 aliphatic heterocycles. The molecule has 4 nitrogen and oxygen atoms in total. The highest BCUT2D eigenvalue weighted by molar-refractivity contribution is 7.91. The number of nitrogens with one attached hydrogen (secondary N) is 1. The number of carbonyl (C=O) groups is 1. The summed E-state index contributed by atoms with van der Waals surface area (Å²) in [4.78, 5) is 11.7. The van der Waals surface area contributed by atoms with Crippen LogP contribution in [0.5, 0.6) is 0 Å². The summed E-state index contributed by atoms with van der Waals surface area (Å²) in [5.41, 5.74) is 0.380. The number of rotatable bonds is 5. The van der Waals surface area contributed by atoms with Crippen molar-refractivity contribution in [2.24, 2.45) is 0 Å².